The van der Waals surface area contributed by atoms with Gasteiger partial charge in [0.25, 0.3) is 0 Å². The molecule has 0 aliphatic heterocycles. The highest BCUT2D eigenvalue weighted by Crippen LogP contribution is 2.26. The van der Waals surface area contributed by atoms with Gasteiger partial charge in [0.05, 0.1) is 23.5 Å². The van der Waals surface area contributed by atoms with E-state index < -0.39 is 5.97 Å². The number of hydrogen-bond acceptors (Lipinski definition) is 8. The van der Waals surface area contributed by atoms with Crippen LogP contribution in [-0.4, -0.2) is 39.3 Å². The summed E-state index contributed by atoms with van der Waals surface area (Å²) >= 11 is 2.47. The summed E-state index contributed by atoms with van der Waals surface area (Å²) in [7, 11) is 0. The highest BCUT2D eigenvalue weighted by molar-refractivity contribution is 8.01. The van der Waals surface area contributed by atoms with E-state index in [1.54, 1.807) is 20.8 Å². The number of thioether (sulfide) groups is 1. The van der Waals surface area contributed by atoms with E-state index in [-0.39, 0.29) is 18.1 Å². The number of Topliss-reactive ketones (excluding diaryl/α,β-unsaturated/α-hetero) is 1. The van der Waals surface area contributed by atoms with Crippen molar-refractivity contribution < 1.29 is 14.3 Å². The second-order valence-electron chi connectivity index (χ2n) is 4.46. The predicted octanol–water partition coefficient (Wildman–Crippen LogP) is 2.22. The van der Waals surface area contributed by atoms with Crippen LogP contribution in [0.15, 0.2) is 4.34 Å². The van der Waals surface area contributed by atoms with Crippen LogP contribution in [0.25, 0.3) is 0 Å². The maximum absolute atomic E-state index is 12.5. The number of nitrogens with one attached hydrogen (secondary N) is 1. The van der Waals surface area contributed by atoms with Crippen molar-refractivity contribution in [2.45, 2.75) is 25.1 Å². The third kappa shape index (κ3) is 3.47. The zero-order valence-electron chi connectivity index (χ0n) is 12.4. The number of aromatic nitrogens is 3. The molecule has 0 aliphatic rings. The molecule has 0 saturated heterocycles. The topological polar surface area (TPSA) is 111 Å². The third-order valence-electron chi connectivity index (χ3n) is 2.88. The molecule has 7 nitrogen and oxygen atoms in total. The van der Waals surface area contributed by atoms with Crippen molar-refractivity contribution in [3.05, 3.63) is 22.5 Å². The average molecular weight is 340 g/mol. The van der Waals surface area contributed by atoms with Gasteiger partial charge in [0, 0.05) is 11.4 Å². The zero-order valence-corrected chi connectivity index (χ0v) is 14.1. The number of nitrogen functional groups attached to an aromatic ring is 1. The highest BCUT2D eigenvalue weighted by Gasteiger charge is 2.25. The van der Waals surface area contributed by atoms with Gasteiger partial charge in [-0.15, -0.1) is 10.2 Å². The molecule has 0 aliphatic carbocycles. The van der Waals surface area contributed by atoms with Crippen molar-refractivity contribution >= 4 is 40.0 Å². The minimum absolute atomic E-state index is 0.152. The lowest BCUT2D eigenvalue weighted by atomic mass is 10.1. The van der Waals surface area contributed by atoms with Crippen LogP contribution in [0.3, 0.4) is 0 Å². The number of carbonyl (C=O) groups is 2. The molecule has 0 bridgehead atoms. The number of ketones is 1. The van der Waals surface area contributed by atoms with Gasteiger partial charge in [-0.3, -0.25) is 4.79 Å². The second-order valence-corrected chi connectivity index (χ2v) is 6.70. The van der Waals surface area contributed by atoms with Crippen LogP contribution >= 0.6 is 23.1 Å². The average Bonchev–Trinajstić information content (AvgIpc) is 2.99. The monoisotopic (exact) mass is 340 g/mol. The number of ether oxygens (including phenoxy) is 1. The summed E-state index contributed by atoms with van der Waals surface area (Å²) in [5.41, 5.74) is 7.47. The summed E-state index contributed by atoms with van der Waals surface area (Å²) in [6.07, 6.45) is 0. The van der Waals surface area contributed by atoms with E-state index in [0.717, 1.165) is 0 Å². The van der Waals surface area contributed by atoms with E-state index in [1.807, 2.05) is 0 Å². The molecule has 0 atom stereocenters. The fraction of sp³-hybridized carbons (Fsp3) is 0.385. The summed E-state index contributed by atoms with van der Waals surface area (Å²) in [6, 6.07) is 0. The number of esters is 1. The molecule has 118 valence electrons. The van der Waals surface area contributed by atoms with E-state index in [1.165, 1.54) is 23.1 Å². The Hall–Kier alpha value is -1.87. The summed E-state index contributed by atoms with van der Waals surface area (Å²) in [5, 5.41) is 7.90. The molecule has 0 saturated carbocycles. The van der Waals surface area contributed by atoms with Crippen LogP contribution in [0.1, 0.15) is 39.0 Å². The molecule has 2 aromatic heterocycles. The molecule has 0 fully saturated rings. The van der Waals surface area contributed by atoms with Crippen molar-refractivity contribution in [3.63, 3.8) is 0 Å². The predicted molar refractivity (Wildman–Crippen MR) is 85.6 cm³/mol. The molecular weight excluding hydrogens is 324 g/mol. The Morgan fingerprint density at radius 2 is 1.95 bits per heavy atom. The minimum Gasteiger partial charge on any atom is -0.462 e. The van der Waals surface area contributed by atoms with E-state index >= 15 is 0 Å². The Balaban J connectivity index is 2.20. The lowest BCUT2D eigenvalue weighted by molar-refractivity contribution is 0.0522. The van der Waals surface area contributed by atoms with Crippen LogP contribution in [0, 0.1) is 13.8 Å². The molecule has 2 aromatic rings. The van der Waals surface area contributed by atoms with Gasteiger partial charge >= 0.3 is 5.97 Å². The second kappa shape index (κ2) is 6.93. The number of carbonyl (C=O) groups excluding carboxylic acids is 2. The van der Waals surface area contributed by atoms with Crippen molar-refractivity contribution in [2.75, 3.05) is 18.1 Å². The molecule has 0 amide bonds. The molecule has 22 heavy (non-hydrogen) atoms. The number of H-pyrrole nitrogens is 1. The van der Waals surface area contributed by atoms with Gasteiger partial charge in [0.1, 0.15) is 0 Å². The van der Waals surface area contributed by atoms with Crippen LogP contribution < -0.4 is 5.73 Å². The first-order valence-corrected chi connectivity index (χ1v) is 8.35. The Morgan fingerprint density at radius 3 is 2.55 bits per heavy atom. The summed E-state index contributed by atoms with van der Waals surface area (Å²) in [4.78, 5) is 27.5. The molecule has 0 spiro atoms. The molecule has 9 heteroatoms. The standard InChI is InChI=1S/C13H16N4O3S2/c1-4-20-11(19)10-7(3)15-6(2)9(10)8(18)5-21-13-17-16-12(14)22-13/h15H,4-5H2,1-3H3,(H2,14,16). The van der Waals surface area contributed by atoms with E-state index in [9.17, 15) is 9.59 Å². The SMILES string of the molecule is CCOC(=O)c1c(C)[nH]c(C)c1C(=O)CSc1nnc(N)s1. The first kappa shape index (κ1) is 16.5. The molecule has 2 rings (SSSR count). The lowest BCUT2D eigenvalue weighted by Crippen LogP contribution is -2.13. The molecule has 0 unspecified atom stereocenters. The van der Waals surface area contributed by atoms with Crippen LogP contribution in [0.4, 0.5) is 5.13 Å². The number of aryl methyl sites for hydroxylation is 2. The Morgan fingerprint density at radius 1 is 1.27 bits per heavy atom. The zero-order chi connectivity index (χ0) is 16.3. The number of hydrogen-bond donors (Lipinski definition) is 2. The van der Waals surface area contributed by atoms with E-state index in [0.29, 0.717) is 32.0 Å². The smallest absolute Gasteiger partial charge is 0.340 e. The van der Waals surface area contributed by atoms with Crippen molar-refractivity contribution in [3.8, 4) is 0 Å². The normalized spacial score (nSPS) is 10.7. The fourth-order valence-electron chi connectivity index (χ4n) is 2.07. The highest BCUT2D eigenvalue weighted by atomic mass is 32.2. The largest absolute Gasteiger partial charge is 0.462 e. The van der Waals surface area contributed by atoms with Crippen molar-refractivity contribution in [1.82, 2.24) is 15.2 Å². The van der Waals surface area contributed by atoms with Gasteiger partial charge in [0.15, 0.2) is 10.1 Å². The van der Waals surface area contributed by atoms with Gasteiger partial charge in [-0.25, -0.2) is 4.79 Å². The van der Waals surface area contributed by atoms with E-state index in [4.69, 9.17) is 10.5 Å². The van der Waals surface area contributed by atoms with Gasteiger partial charge in [0.2, 0.25) is 5.13 Å². The summed E-state index contributed by atoms with van der Waals surface area (Å²) in [5.74, 6) is -0.499. The number of nitrogens with two attached hydrogens (primary N) is 1. The van der Waals surface area contributed by atoms with Crippen LogP contribution in [0.2, 0.25) is 0 Å². The quantitative estimate of drug-likeness (QED) is 0.471. The maximum Gasteiger partial charge on any atom is 0.340 e. The number of rotatable bonds is 6. The Labute approximate surface area is 135 Å². The Bertz CT molecular complexity index is 708. The molecule has 2 heterocycles. The number of aromatic amines is 1. The fourth-order valence-corrected chi connectivity index (χ4v) is 3.57. The third-order valence-corrected chi connectivity index (χ3v) is 4.77. The molecular formula is C13H16N4O3S2. The van der Waals surface area contributed by atoms with Crippen LogP contribution in [0.5, 0.6) is 0 Å². The lowest BCUT2D eigenvalue weighted by Gasteiger charge is -2.05. The first-order chi connectivity index (χ1) is 10.4. The maximum atomic E-state index is 12.5. The molecule has 3 N–H and O–H groups in total. The number of nitrogens with zero attached hydrogens (tertiary/aromatic N) is 2. The molecule has 0 radical (unpaired) electrons. The Kier molecular flexibility index (Phi) is 5.19. The van der Waals surface area contributed by atoms with Crippen LogP contribution in [-0.2, 0) is 4.74 Å². The van der Waals surface area contributed by atoms with Gasteiger partial charge in [-0.1, -0.05) is 23.1 Å². The summed E-state index contributed by atoms with van der Waals surface area (Å²) in [6.45, 7) is 5.49. The van der Waals surface area contributed by atoms with Gasteiger partial charge in [-0.2, -0.15) is 0 Å². The van der Waals surface area contributed by atoms with E-state index in [2.05, 4.69) is 15.2 Å². The van der Waals surface area contributed by atoms with Crippen molar-refractivity contribution in [2.24, 2.45) is 0 Å². The molecule has 0 aromatic carbocycles. The van der Waals surface area contributed by atoms with Crippen molar-refractivity contribution in [1.29, 1.82) is 0 Å². The minimum atomic E-state index is -0.488. The van der Waals surface area contributed by atoms with Gasteiger partial charge < -0.3 is 15.5 Å². The first-order valence-electron chi connectivity index (χ1n) is 6.55. The number of anilines is 1. The summed E-state index contributed by atoms with van der Waals surface area (Å²) < 4.78 is 5.64. The van der Waals surface area contributed by atoms with Gasteiger partial charge in [-0.05, 0) is 20.8 Å².